The number of rotatable bonds is 6. The highest BCUT2D eigenvalue weighted by atomic mass is 35.5. The van der Waals surface area contributed by atoms with Crippen LogP contribution in [-0.4, -0.2) is 5.91 Å². The van der Waals surface area contributed by atoms with Crippen LogP contribution >= 0.6 is 11.6 Å². The summed E-state index contributed by atoms with van der Waals surface area (Å²) in [6.07, 6.45) is 1.56. The van der Waals surface area contributed by atoms with E-state index in [-0.39, 0.29) is 5.57 Å². The van der Waals surface area contributed by atoms with Crippen molar-refractivity contribution in [3.8, 4) is 11.8 Å². The van der Waals surface area contributed by atoms with Crippen LogP contribution in [0.15, 0.2) is 96.6 Å². The van der Waals surface area contributed by atoms with Crippen molar-refractivity contribution in [3.63, 3.8) is 0 Å². The van der Waals surface area contributed by atoms with Gasteiger partial charge in [-0.3, -0.25) is 4.79 Å². The lowest BCUT2D eigenvalue weighted by Gasteiger charge is -2.13. The molecule has 4 nitrogen and oxygen atoms in total. The second kappa shape index (κ2) is 9.82. The Morgan fingerprint density at radius 3 is 2.44 bits per heavy atom. The van der Waals surface area contributed by atoms with Crippen LogP contribution in [-0.2, 0) is 11.4 Å². The van der Waals surface area contributed by atoms with Gasteiger partial charge in [-0.1, -0.05) is 84.4 Å². The van der Waals surface area contributed by atoms with Gasteiger partial charge >= 0.3 is 0 Å². The van der Waals surface area contributed by atoms with Crippen LogP contribution in [0, 0.1) is 11.3 Å². The normalized spacial score (nSPS) is 11.1. The van der Waals surface area contributed by atoms with Crippen molar-refractivity contribution in [2.75, 3.05) is 5.32 Å². The van der Waals surface area contributed by atoms with Crippen molar-refractivity contribution < 1.29 is 9.53 Å². The van der Waals surface area contributed by atoms with Gasteiger partial charge in [-0.05, 0) is 40.6 Å². The van der Waals surface area contributed by atoms with E-state index in [0.29, 0.717) is 28.6 Å². The van der Waals surface area contributed by atoms with E-state index in [1.54, 1.807) is 30.3 Å². The summed E-state index contributed by atoms with van der Waals surface area (Å²) in [5.74, 6) is 0.0494. The van der Waals surface area contributed by atoms with Crippen molar-refractivity contribution >= 4 is 40.0 Å². The fourth-order valence-corrected chi connectivity index (χ4v) is 3.51. The molecular formula is C27H19ClN2O2. The number of anilines is 1. The van der Waals surface area contributed by atoms with Gasteiger partial charge in [0.15, 0.2) is 0 Å². The van der Waals surface area contributed by atoms with Gasteiger partial charge in [-0.2, -0.15) is 5.26 Å². The summed E-state index contributed by atoms with van der Waals surface area (Å²) in [7, 11) is 0. The largest absolute Gasteiger partial charge is 0.488 e. The molecule has 0 aliphatic heterocycles. The number of hydrogen-bond acceptors (Lipinski definition) is 3. The molecule has 4 rings (SSSR count). The Morgan fingerprint density at radius 2 is 1.66 bits per heavy atom. The Morgan fingerprint density at radius 1 is 0.938 bits per heavy atom. The van der Waals surface area contributed by atoms with Crippen LogP contribution in [0.25, 0.3) is 16.8 Å². The maximum absolute atomic E-state index is 12.8. The van der Waals surface area contributed by atoms with Crippen LogP contribution in [0.2, 0.25) is 5.02 Å². The Labute approximate surface area is 191 Å². The molecule has 0 aromatic heterocycles. The number of hydrogen-bond donors (Lipinski definition) is 1. The molecular weight excluding hydrogens is 420 g/mol. The minimum absolute atomic E-state index is 0.0502. The van der Waals surface area contributed by atoms with Crippen molar-refractivity contribution in [1.82, 2.24) is 0 Å². The van der Waals surface area contributed by atoms with Gasteiger partial charge in [0.2, 0.25) is 0 Å². The summed E-state index contributed by atoms with van der Waals surface area (Å²) in [6.45, 7) is 0.369. The second-order valence-electron chi connectivity index (χ2n) is 7.08. The maximum Gasteiger partial charge on any atom is 0.266 e. The predicted molar refractivity (Wildman–Crippen MR) is 128 cm³/mol. The van der Waals surface area contributed by atoms with E-state index < -0.39 is 5.91 Å². The number of ether oxygens (including phenoxy) is 1. The van der Waals surface area contributed by atoms with Crippen molar-refractivity contribution in [2.45, 2.75) is 6.61 Å². The number of benzene rings is 4. The van der Waals surface area contributed by atoms with E-state index in [4.69, 9.17) is 16.3 Å². The van der Waals surface area contributed by atoms with E-state index in [0.717, 1.165) is 16.3 Å². The SMILES string of the molecule is N#C/C(=C\c1c(OCc2ccccc2)ccc2ccccc12)C(=O)Nc1ccccc1Cl. The van der Waals surface area contributed by atoms with Crippen LogP contribution < -0.4 is 10.1 Å². The summed E-state index contributed by atoms with van der Waals surface area (Å²) in [5.41, 5.74) is 2.09. The zero-order chi connectivity index (χ0) is 22.3. The number of amides is 1. The summed E-state index contributed by atoms with van der Waals surface area (Å²) >= 11 is 6.14. The molecule has 0 aliphatic carbocycles. The first-order valence-electron chi connectivity index (χ1n) is 10.0. The van der Waals surface area contributed by atoms with E-state index in [1.165, 1.54) is 0 Å². The molecule has 156 valence electrons. The molecule has 4 aromatic carbocycles. The smallest absolute Gasteiger partial charge is 0.266 e. The number of para-hydroxylation sites is 1. The summed E-state index contributed by atoms with van der Waals surface area (Å²) in [4.78, 5) is 12.8. The minimum Gasteiger partial charge on any atom is -0.488 e. The van der Waals surface area contributed by atoms with E-state index in [2.05, 4.69) is 5.32 Å². The lowest BCUT2D eigenvalue weighted by atomic mass is 10.0. The number of nitriles is 1. The Hall–Kier alpha value is -4.07. The molecule has 0 bridgehead atoms. The topological polar surface area (TPSA) is 62.1 Å². The van der Waals surface area contributed by atoms with Crippen LogP contribution in [0.1, 0.15) is 11.1 Å². The molecule has 1 N–H and O–H groups in total. The van der Waals surface area contributed by atoms with Gasteiger partial charge in [0.1, 0.15) is 24.0 Å². The van der Waals surface area contributed by atoms with Gasteiger partial charge in [0.25, 0.3) is 5.91 Å². The zero-order valence-electron chi connectivity index (χ0n) is 17.1. The number of halogens is 1. The monoisotopic (exact) mass is 438 g/mol. The number of nitrogens with zero attached hydrogens (tertiary/aromatic N) is 1. The van der Waals surface area contributed by atoms with Gasteiger partial charge in [-0.25, -0.2) is 0 Å². The van der Waals surface area contributed by atoms with E-state index in [9.17, 15) is 10.1 Å². The first-order valence-corrected chi connectivity index (χ1v) is 10.4. The van der Waals surface area contributed by atoms with Crippen molar-refractivity contribution in [1.29, 1.82) is 5.26 Å². The minimum atomic E-state index is -0.539. The number of carbonyl (C=O) groups excluding carboxylic acids is 1. The lowest BCUT2D eigenvalue weighted by Crippen LogP contribution is -2.13. The van der Waals surface area contributed by atoms with Gasteiger partial charge < -0.3 is 10.1 Å². The molecule has 0 atom stereocenters. The molecule has 0 heterocycles. The summed E-state index contributed by atoms with van der Waals surface area (Å²) in [5, 5.41) is 14.7. The maximum atomic E-state index is 12.8. The molecule has 5 heteroatoms. The third-order valence-corrected chi connectivity index (χ3v) is 5.27. The Kier molecular flexibility index (Phi) is 6.50. The molecule has 0 unspecified atom stereocenters. The highest BCUT2D eigenvalue weighted by Crippen LogP contribution is 2.31. The standard InChI is InChI=1S/C27H19ClN2O2/c28-24-12-6-7-13-25(24)30-27(31)21(17-29)16-23-22-11-5-4-10-20(22)14-15-26(23)32-18-19-8-2-1-3-9-19/h1-16H,18H2,(H,30,31)/b21-16+. The molecule has 4 aromatic rings. The summed E-state index contributed by atoms with van der Waals surface area (Å²) in [6, 6.07) is 30.3. The number of nitrogens with one attached hydrogen (secondary N) is 1. The fourth-order valence-electron chi connectivity index (χ4n) is 3.33. The van der Waals surface area contributed by atoms with E-state index >= 15 is 0 Å². The zero-order valence-corrected chi connectivity index (χ0v) is 17.8. The summed E-state index contributed by atoms with van der Waals surface area (Å²) < 4.78 is 6.09. The highest BCUT2D eigenvalue weighted by molar-refractivity contribution is 6.34. The van der Waals surface area contributed by atoms with Crippen LogP contribution in [0.5, 0.6) is 5.75 Å². The van der Waals surface area contributed by atoms with Crippen molar-refractivity contribution in [3.05, 3.63) is 113 Å². The van der Waals surface area contributed by atoms with Gasteiger partial charge in [0, 0.05) is 5.56 Å². The van der Waals surface area contributed by atoms with Crippen LogP contribution in [0.4, 0.5) is 5.69 Å². The molecule has 0 fully saturated rings. The molecule has 32 heavy (non-hydrogen) atoms. The Balaban J connectivity index is 1.71. The third-order valence-electron chi connectivity index (χ3n) is 4.94. The lowest BCUT2D eigenvalue weighted by molar-refractivity contribution is -0.112. The second-order valence-corrected chi connectivity index (χ2v) is 7.48. The van der Waals surface area contributed by atoms with Gasteiger partial charge in [-0.15, -0.1) is 0 Å². The highest BCUT2D eigenvalue weighted by Gasteiger charge is 2.15. The fraction of sp³-hybridized carbons (Fsp3) is 0.0370. The first-order chi connectivity index (χ1) is 15.7. The molecule has 0 radical (unpaired) electrons. The first kappa shape index (κ1) is 21.2. The third kappa shape index (κ3) is 4.80. The number of fused-ring (bicyclic) bond motifs is 1. The van der Waals surface area contributed by atoms with Crippen LogP contribution in [0.3, 0.4) is 0 Å². The average Bonchev–Trinajstić information content (AvgIpc) is 2.83. The average molecular weight is 439 g/mol. The molecule has 0 aliphatic rings. The molecule has 0 spiro atoms. The predicted octanol–water partition coefficient (Wildman–Crippen LogP) is 6.62. The quantitative estimate of drug-likeness (QED) is 0.272. The van der Waals surface area contributed by atoms with Gasteiger partial charge in [0.05, 0.1) is 10.7 Å². The van der Waals surface area contributed by atoms with E-state index in [1.807, 2.05) is 72.8 Å². The molecule has 0 saturated heterocycles. The molecule has 1 amide bonds. The Bertz CT molecular complexity index is 1340. The van der Waals surface area contributed by atoms with Crippen molar-refractivity contribution in [2.24, 2.45) is 0 Å². The molecule has 0 saturated carbocycles. The number of carbonyl (C=O) groups is 1.